The molecule has 0 bridgehead atoms. The van der Waals surface area contributed by atoms with Crippen molar-refractivity contribution in [1.29, 1.82) is 0 Å². The van der Waals surface area contributed by atoms with Gasteiger partial charge in [-0.2, -0.15) is 0 Å². The number of para-hydroxylation sites is 1. The van der Waals surface area contributed by atoms with Gasteiger partial charge in [0.25, 0.3) is 0 Å². The number of carbonyl (C=O) groups is 1. The standard InChI is InChI=1S/C16H18N2O2S/c17-7-5-16-18-13(10-21-16)14(19)9-11-6-8-20-15-4-2-1-3-12(11)15/h1-4,10-11H,5-9,17H2. The number of benzene rings is 1. The van der Waals surface area contributed by atoms with E-state index in [2.05, 4.69) is 4.98 Å². The molecule has 2 aromatic rings. The van der Waals surface area contributed by atoms with Crippen molar-refractivity contribution in [3.63, 3.8) is 0 Å². The summed E-state index contributed by atoms with van der Waals surface area (Å²) in [6.07, 6.45) is 2.10. The van der Waals surface area contributed by atoms with Crippen LogP contribution in [0.3, 0.4) is 0 Å². The Balaban J connectivity index is 1.73. The predicted molar refractivity (Wildman–Crippen MR) is 83.1 cm³/mol. The van der Waals surface area contributed by atoms with E-state index in [1.807, 2.05) is 29.6 Å². The molecule has 0 fully saturated rings. The molecular weight excluding hydrogens is 284 g/mol. The summed E-state index contributed by atoms with van der Waals surface area (Å²) in [4.78, 5) is 16.8. The first-order valence-corrected chi connectivity index (χ1v) is 8.05. The van der Waals surface area contributed by atoms with Crippen LogP contribution >= 0.6 is 11.3 Å². The first-order valence-electron chi connectivity index (χ1n) is 7.17. The number of nitrogens with two attached hydrogens (primary N) is 1. The van der Waals surface area contributed by atoms with Crippen LogP contribution in [-0.2, 0) is 6.42 Å². The second kappa shape index (κ2) is 6.37. The average Bonchev–Trinajstić information content (AvgIpc) is 2.97. The molecule has 2 heterocycles. The Labute approximate surface area is 128 Å². The van der Waals surface area contributed by atoms with Crippen molar-refractivity contribution < 1.29 is 9.53 Å². The van der Waals surface area contributed by atoms with Crippen molar-refractivity contribution in [3.8, 4) is 5.75 Å². The van der Waals surface area contributed by atoms with Gasteiger partial charge in [-0.05, 0) is 30.5 Å². The zero-order valence-electron chi connectivity index (χ0n) is 11.7. The topological polar surface area (TPSA) is 65.2 Å². The Morgan fingerprint density at radius 2 is 2.29 bits per heavy atom. The average molecular weight is 302 g/mol. The van der Waals surface area contributed by atoms with Crippen LogP contribution in [-0.4, -0.2) is 23.9 Å². The molecule has 0 aliphatic carbocycles. The molecule has 1 aliphatic rings. The summed E-state index contributed by atoms with van der Waals surface area (Å²) in [5, 5.41) is 2.78. The van der Waals surface area contributed by atoms with Crippen LogP contribution in [0, 0.1) is 0 Å². The number of aromatic nitrogens is 1. The van der Waals surface area contributed by atoms with Crippen molar-refractivity contribution in [2.75, 3.05) is 13.2 Å². The van der Waals surface area contributed by atoms with Gasteiger partial charge in [0, 0.05) is 18.2 Å². The van der Waals surface area contributed by atoms with Crippen LogP contribution < -0.4 is 10.5 Å². The minimum Gasteiger partial charge on any atom is -0.493 e. The summed E-state index contributed by atoms with van der Waals surface area (Å²) in [6, 6.07) is 7.97. The number of hydrogen-bond acceptors (Lipinski definition) is 5. The molecule has 0 saturated carbocycles. The lowest BCUT2D eigenvalue weighted by molar-refractivity contribution is 0.0961. The number of carbonyl (C=O) groups excluding carboxylic acids is 1. The van der Waals surface area contributed by atoms with Crippen LogP contribution in [0.2, 0.25) is 0 Å². The molecule has 2 N–H and O–H groups in total. The van der Waals surface area contributed by atoms with Crippen molar-refractivity contribution in [2.45, 2.75) is 25.2 Å². The lowest BCUT2D eigenvalue weighted by Crippen LogP contribution is -2.17. The largest absolute Gasteiger partial charge is 0.493 e. The summed E-state index contributed by atoms with van der Waals surface area (Å²) in [6.45, 7) is 1.24. The Kier molecular flexibility index (Phi) is 4.31. The number of hydrogen-bond donors (Lipinski definition) is 1. The summed E-state index contributed by atoms with van der Waals surface area (Å²) < 4.78 is 5.64. The van der Waals surface area contributed by atoms with Gasteiger partial charge in [-0.1, -0.05) is 18.2 Å². The highest BCUT2D eigenvalue weighted by Gasteiger charge is 2.24. The van der Waals surface area contributed by atoms with Crippen molar-refractivity contribution in [2.24, 2.45) is 5.73 Å². The SMILES string of the molecule is NCCc1nc(C(=O)CC2CCOc3ccccc32)cs1. The number of fused-ring (bicyclic) bond motifs is 1. The number of ether oxygens (including phenoxy) is 1. The third kappa shape index (κ3) is 3.14. The monoisotopic (exact) mass is 302 g/mol. The molecule has 1 aromatic heterocycles. The summed E-state index contributed by atoms with van der Waals surface area (Å²) >= 11 is 1.51. The van der Waals surface area contributed by atoms with E-state index in [4.69, 9.17) is 10.5 Å². The van der Waals surface area contributed by atoms with Crippen LogP contribution in [0.1, 0.15) is 39.8 Å². The second-order valence-electron chi connectivity index (χ2n) is 5.16. The Morgan fingerprint density at radius 3 is 3.14 bits per heavy atom. The molecule has 4 nitrogen and oxygen atoms in total. The van der Waals surface area contributed by atoms with Crippen LogP contribution in [0.15, 0.2) is 29.6 Å². The van der Waals surface area contributed by atoms with E-state index in [9.17, 15) is 4.79 Å². The van der Waals surface area contributed by atoms with Gasteiger partial charge < -0.3 is 10.5 Å². The molecular formula is C16H18N2O2S. The normalized spacial score (nSPS) is 17.1. The number of Topliss-reactive ketones (excluding diaryl/α,β-unsaturated/α-hetero) is 1. The Hall–Kier alpha value is -1.72. The number of ketones is 1. The lowest BCUT2D eigenvalue weighted by Gasteiger charge is -2.25. The molecule has 1 atom stereocenters. The molecule has 110 valence electrons. The predicted octanol–water partition coefficient (Wildman–Crippen LogP) is 2.78. The van der Waals surface area contributed by atoms with Gasteiger partial charge in [-0.15, -0.1) is 11.3 Å². The second-order valence-corrected chi connectivity index (χ2v) is 6.11. The third-order valence-electron chi connectivity index (χ3n) is 3.71. The van der Waals surface area contributed by atoms with E-state index in [0.29, 0.717) is 25.3 Å². The van der Waals surface area contributed by atoms with Gasteiger partial charge in [-0.25, -0.2) is 4.98 Å². The first-order chi connectivity index (χ1) is 10.3. The maximum absolute atomic E-state index is 12.4. The summed E-state index contributed by atoms with van der Waals surface area (Å²) in [7, 11) is 0. The number of nitrogens with zero attached hydrogens (tertiary/aromatic N) is 1. The Bertz CT molecular complexity index is 639. The van der Waals surface area contributed by atoms with E-state index < -0.39 is 0 Å². The Morgan fingerprint density at radius 1 is 1.43 bits per heavy atom. The van der Waals surface area contributed by atoms with Gasteiger partial charge in [0.15, 0.2) is 5.78 Å². The lowest BCUT2D eigenvalue weighted by atomic mass is 9.88. The highest BCUT2D eigenvalue weighted by Crippen LogP contribution is 2.36. The molecule has 5 heteroatoms. The van der Waals surface area contributed by atoms with Gasteiger partial charge in [0.1, 0.15) is 11.4 Å². The molecule has 0 amide bonds. The fraction of sp³-hybridized carbons (Fsp3) is 0.375. The maximum atomic E-state index is 12.4. The van der Waals surface area contributed by atoms with E-state index in [0.717, 1.165) is 29.2 Å². The molecule has 21 heavy (non-hydrogen) atoms. The van der Waals surface area contributed by atoms with Crippen LogP contribution in [0.4, 0.5) is 0 Å². The fourth-order valence-corrected chi connectivity index (χ4v) is 3.45. The van der Waals surface area contributed by atoms with Crippen molar-refractivity contribution >= 4 is 17.1 Å². The van der Waals surface area contributed by atoms with E-state index >= 15 is 0 Å². The van der Waals surface area contributed by atoms with Crippen molar-refractivity contribution in [1.82, 2.24) is 4.98 Å². The molecule has 1 unspecified atom stereocenters. The zero-order valence-corrected chi connectivity index (χ0v) is 12.6. The minimum absolute atomic E-state index is 0.108. The fourth-order valence-electron chi connectivity index (χ4n) is 2.63. The van der Waals surface area contributed by atoms with E-state index in [-0.39, 0.29) is 11.7 Å². The smallest absolute Gasteiger partial charge is 0.182 e. The molecule has 0 radical (unpaired) electrons. The molecule has 1 aliphatic heterocycles. The van der Waals surface area contributed by atoms with E-state index in [1.54, 1.807) is 0 Å². The van der Waals surface area contributed by atoms with Crippen LogP contribution in [0.25, 0.3) is 0 Å². The maximum Gasteiger partial charge on any atom is 0.182 e. The van der Waals surface area contributed by atoms with Gasteiger partial charge in [0.05, 0.1) is 11.6 Å². The van der Waals surface area contributed by atoms with Gasteiger partial charge >= 0.3 is 0 Å². The van der Waals surface area contributed by atoms with Gasteiger partial charge in [-0.3, -0.25) is 4.79 Å². The molecule has 1 aromatic carbocycles. The highest BCUT2D eigenvalue weighted by atomic mass is 32.1. The molecule has 0 saturated heterocycles. The summed E-state index contributed by atoms with van der Waals surface area (Å²) in [5.74, 6) is 1.24. The quantitative estimate of drug-likeness (QED) is 0.863. The van der Waals surface area contributed by atoms with Crippen molar-refractivity contribution in [3.05, 3.63) is 45.9 Å². The van der Waals surface area contributed by atoms with Crippen LogP contribution in [0.5, 0.6) is 5.75 Å². The molecule has 3 rings (SSSR count). The first kappa shape index (κ1) is 14.2. The number of thiazole rings is 1. The third-order valence-corrected chi connectivity index (χ3v) is 4.62. The van der Waals surface area contributed by atoms with Gasteiger partial charge in [0.2, 0.25) is 0 Å². The summed E-state index contributed by atoms with van der Waals surface area (Å²) in [5.41, 5.74) is 7.23. The zero-order chi connectivity index (χ0) is 14.7. The highest BCUT2D eigenvalue weighted by molar-refractivity contribution is 7.09. The number of rotatable bonds is 5. The van der Waals surface area contributed by atoms with E-state index in [1.165, 1.54) is 11.3 Å². The minimum atomic E-state index is 0.108. The molecule has 0 spiro atoms.